The fraction of sp³-hybridized carbons (Fsp3) is 0.250. The predicted octanol–water partition coefficient (Wildman–Crippen LogP) is 5.52. The molecule has 0 fully saturated rings. The molecule has 1 amide bonds. The average Bonchev–Trinajstić information content (AvgIpc) is 3.44. The minimum Gasteiger partial charge on any atom is -0.460 e. The van der Waals surface area contributed by atoms with Crippen molar-refractivity contribution in [2.24, 2.45) is 0 Å². The first-order valence-corrected chi connectivity index (χ1v) is 15.7. The molecule has 0 saturated heterocycles. The Hall–Kier alpha value is -3.94. The van der Waals surface area contributed by atoms with E-state index in [4.69, 9.17) is 21.3 Å². The van der Waals surface area contributed by atoms with Crippen molar-refractivity contribution in [3.63, 3.8) is 0 Å². The number of amides is 1. The number of benzene rings is 3. The summed E-state index contributed by atoms with van der Waals surface area (Å²) in [6.07, 6.45) is 1.40. The van der Waals surface area contributed by atoms with Crippen LogP contribution in [0.4, 0.5) is 0 Å². The van der Waals surface area contributed by atoms with Gasteiger partial charge in [0, 0.05) is 24.2 Å². The van der Waals surface area contributed by atoms with Crippen molar-refractivity contribution in [3.05, 3.63) is 117 Å². The van der Waals surface area contributed by atoms with Crippen LogP contribution in [0.25, 0.3) is 11.3 Å². The van der Waals surface area contributed by atoms with Crippen molar-refractivity contribution in [2.45, 2.75) is 38.9 Å². The van der Waals surface area contributed by atoms with Crippen molar-refractivity contribution in [2.75, 3.05) is 12.8 Å². The second-order valence-corrected chi connectivity index (χ2v) is 12.5. The molecule has 1 aromatic heterocycles. The number of nitrogens with zero attached hydrogens (tertiary/aromatic N) is 1. The van der Waals surface area contributed by atoms with E-state index in [0.29, 0.717) is 29.9 Å². The molecule has 3 N–H and O–H groups in total. The lowest BCUT2D eigenvalue weighted by Gasteiger charge is -2.20. The maximum absolute atomic E-state index is 13.4. The molecule has 0 bridgehead atoms. The number of rotatable bonds is 12. The van der Waals surface area contributed by atoms with Gasteiger partial charge in [0.1, 0.15) is 11.5 Å². The summed E-state index contributed by atoms with van der Waals surface area (Å²) in [5, 5.41) is 15.7. The van der Waals surface area contributed by atoms with Gasteiger partial charge in [0.2, 0.25) is 10.0 Å². The number of carbonyl (C=O) groups is 1. The number of nitrogens with one attached hydrogen (secondary N) is 3. The first-order chi connectivity index (χ1) is 20.0. The minimum absolute atomic E-state index is 0.0164. The highest BCUT2D eigenvalue weighted by Crippen LogP contribution is 2.27. The molecule has 1 heterocycles. The number of halogens is 1. The molecule has 0 unspecified atom stereocenters. The van der Waals surface area contributed by atoms with Gasteiger partial charge >= 0.3 is 0 Å². The highest BCUT2D eigenvalue weighted by molar-refractivity contribution is 7.88. The van der Waals surface area contributed by atoms with E-state index in [-0.39, 0.29) is 23.2 Å². The molecule has 0 aliphatic heterocycles. The first-order valence-electron chi connectivity index (χ1n) is 13.4. The zero-order valence-electron chi connectivity index (χ0n) is 23.6. The number of nitriles is 1. The normalized spacial score (nSPS) is 12.8. The molecule has 8 nitrogen and oxygen atoms in total. The van der Waals surface area contributed by atoms with E-state index in [0.717, 1.165) is 17.6 Å². The van der Waals surface area contributed by atoms with Crippen molar-refractivity contribution in [1.82, 2.24) is 15.4 Å². The zero-order chi connectivity index (χ0) is 30.3. The van der Waals surface area contributed by atoms with Crippen LogP contribution >= 0.6 is 11.6 Å². The summed E-state index contributed by atoms with van der Waals surface area (Å²) >= 11 is 6.42. The standard InChI is InChI=1S/C32H33ClN4O4S/c1-21-4-10-25(11-5-21)22(2)35-20-28-13-15-31(41-28)26-12-14-30(33)29(17-26)32(38)37-27(19-36-42(3,39)40)16-23-6-8-24(18-34)9-7-23/h4-15,17,22,27,35-36H,16,19-20H2,1-3H3,(H,37,38)/t22-,27-/m1/s1. The zero-order valence-corrected chi connectivity index (χ0v) is 25.2. The smallest absolute Gasteiger partial charge is 0.253 e. The van der Waals surface area contributed by atoms with Gasteiger partial charge in [-0.05, 0) is 73.9 Å². The van der Waals surface area contributed by atoms with Gasteiger partial charge in [-0.2, -0.15) is 5.26 Å². The van der Waals surface area contributed by atoms with E-state index < -0.39 is 22.0 Å². The van der Waals surface area contributed by atoms with Crippen LogP contribution in [0.3, 0.4) is 0 Å². The highest BCUT2D eigenvalue weighted by Gasteiger charge is 2.20. The summed E-state index contributed by atoms with van der Waals surface area (Å²) in [4.78, 5) is 13.4. The van der Waals surface area contributed by atoms with E-state index in [2.05, 4.69) is 59.5 Å². The van der Waals surface area contributed by atoms with Gasteiger partial charge in [0.05, 0.1) is 35.0 Å². The Morgan fingerprint density at radius 1 is 1.02 bits per heavy atom. The lowest BCUT2D eigenvalue weighted by Crippen LogP contribution is -2.44. The van der Waals surface area contributed by atoms with Crippen LogP contribution in [-0.2, 0) is 23.0 Å². The third kappa shape index (κ3) is 8.78. The lowest BCUT2D eigenvalue weighted by atomic mass is 10.0. The molecule has 0 radical (unpaired) electrons. The van der Waals surface area contributed by atoms with Gasteiger partial charge in [-0.3, -0.25) is 4.79 Å². The third-order valence-corrected chi connectivity index (χ3v) is 7.83. The Balaban J connectivity index is 1.46. The summed E-state index contributed by atoms with van der Waals surface area (Å²) in [6, 6.07) is 25.7. The lowest BCUT2D eigenvalue weighted by molar-refractivity contribution is 0.0937. The topological polar surface area (TPSA) is 124 Å². The maximum atomic E-state index is 13.4. The van der Waals surface area contributed by atoms with Gasteiger partial charge in [-0.1, -0.05) is 53.6 Å². The van der Waals surface area contributed by atoms with Crippen LogP contribution in [-0.4, -0.2) is 33.2 Å². The molecule has 2 atom stereocenters. The summed E-state index contributed by atoms with van der Waals surface area (Å²) in [7, 11) is -3.49. The molecule has 218 valence electrons. The minimum atomic E-state index is -3.49. The largest absolute Gasteiger partial charge is 0.460 e. The Bertz CT molecular complexity index is 1680. The van der Waals surface area contributed by atoms with Gasteiger partial charge in [0.15, 0.2) is 0 Å². The van der Waals surface area contributed by atoms with Gasteiger partial charge in [-0.25, -0.2) is 13.1 Å². The van der Waals surface area contributed by atoms with E-state index >= 15 is 0 Å². The van der Waals surface area contributed by atoms with Crippen LogP contribution in [0.5, 0.6) is 0 Å². The fourth-order valence-electron chi connectivity index (χ4n) is 4.40. The van der Waals surface area contributed by atoms with E-state index in [1.54, 1.807) is 42.5 Å². The quantitative estimate of drug-likeness (QED) is 0.196. The predicted molar refractivity (Wildman–Crippen MR) is 165 cm³/mol. The Morgan fingerprint density at radius 3 is 2.40 bits per heavy atom. The molecule has 4 rings (SSSR count). The second-order valence-electron chi connectivity index (χ2n) is 10.3. The van der Waals surface area contributed by atoms with Crippen molar-refractivity contribution < 1.29 is 17.6 Å². The summed E-state index contributed by atoms with van der Waals surface area (Å²) in [5.41, 5.74) is 4.66. The van der Waals surface area contributed by atoms with E-state index in [1.807, 2.05) is 12.1 Å². The molecule has 0 aliphatic rings. The second kappa shape index (κ2) is 13.8. The summed E-state index contributed by atoms with van der Waals surface area (Å²) < 4.78 is 32.0. The van der Waals surface area contributed by atoms with Gasteiger partial charge in [0.25, 0.3) is 5.91 Å². The molecule has 0 saturated carbocycles. The number of hydrogen-bond donors (Lipinski definition) is 3. The first kappa shape index (κ1) is 31.0. The van der Waals surface area contributed by atoms with E-state index in [1.165, 1.54) is 11.1 Å². The van der Waals surface area contributed by atoms with Crippen LogP contribution in [0.15, 0.2) is 83.3 Å². The SMILES string of the molecule is Cc1ccc([C@@H](C)NCc2ccc(-c3ccc(Cl)c(C(=O)N[C@@H](CNS(C)(=O)=O)Cc4ccc(C#N)cc4)c3)o2)cc1. The molecule has 4 aromatic rings. The Kier molecular flexibility index (Phi) is 10.2. The van der Waals surface area contributed by atoms with Crippen LogP contribution in [0.1, 0.15) is 51.3 Å². The average molecular weight is 605 g/mol. The van der Waals surface area contributed by atoms with Crippen LogP contribution < -0.4 is 15.4 Å². The monoisotopic (exact) mass is 604 g/mol. The van der Waals surface area contributed by atoms with Crippen LogP contribution in [0.2, 0.25) is 5.02 Å². The molecular formula is C32H33ClN4O4S. The van der Waals surface area contributed by atoms with Crippen molar-refractivity contribution >= 4 is 27.5 Å². The molecule has 10 heteroatoms. The van der Waals surface area contributed by atoms with Crippen molar-refractivity contribution in [1.29, 1.82) is 5.26 Å². The number of carbonyl (C=O) groups excluding carboxylic acids is 1. The molecule has 0 spiro atoms. The number of hydrogen-bond acceptors (Lipinski definition) is 6. The number of furan rings is 1. The van der Waals surface area contributed by atoms with E-state index in [9.17, 15) is 13.2 Å². The molecule has 3 aromatic carbocycles. The number of sulfonamides is 1. The summed E-state index contributed by atoms with van der Waals surface area (Å²) in [5.74, 6) is 0.892. The summed E-state index contributed by atoms with van der Waals surface area (Å²) in [6.45, 7) is 4.67. The van der Waals surface area contributed by atoms with Crippen molar-refractivity contribution in [3.8, 4) is 17.4 Å². The number of aryl methyl sites for hydroxylation is 1. The molecule has 0 aliphatic carbocycles. The maximum Gasteiger partial charge on any atom is 0.253 e. The fourth-order valence-corrected chi connectivity index (χ4v) is 5.10. The Labute approximate surface area is 251 Å². The molecular weight excluding hydrogens is 572 g/mol. The van der Waals surface area contributed by atoms with Gasteiger partial charge < -0.3 is 15.1 Å². The highest BCUT2D eigenvalue weighted by atomic mass is 35.5. The van der Waals surface area contributed by atoms with Crippen LogP contribution in [0, 0.1) is 18.3 Å². The Morgan fingerprint density at radius 2 is 1.74 bits per heavy atom. The van der Waals surface area contributed by atoms with Gasteiger partial charge in [-0.15, -0.1) is 0 Å². The third-order valence-electron chi connectivity index (χ3n) is 6.81. The molecule has 42 heavy (non-hydrogen) atoms.